The van der Waals surface area contributed by atoms with Gasteiger partial charge >= 0.3 is 0 Å². The number of aliphatic hydroxyl groups excluding tert-OH is 1. The molecule has 2 heterocycles. The van der Waals surface area contributed by atoms with Crippen molar-refractivity contribution >= 4 is 45.1 Å². The third kappa shape index (κ3) is 9.57. The van der Waals surface area contributed by atoms with Crippen molar-refractivity contribution < 1.29 is 24.1 Å². The summed E-state index contributed by atoms with van der Waals surface area (Å²) in [7, 11) is 0. The molecule has 4 aliphatic rings. The Balaban J connectivity index is 0.775. The zero-order valence-corrected chi connectivity index (χ0v) is 48.1. The number of hydrogen-bond donors (Lipinski definition) is 1. The van der Waals surface area contributed by atoms with Crippen LogP contribution in [0.4, 0.5) is 0 Å². The predicted octanol–water partition coefficient (Wildman–Crippen LogP) is 16.8. The van der Waals surface area contributed by atoms with E-state index in [9.17, 15) is 5.11 Å². The van der Waals surface area contributed by atoms with E-state index in [0.717, 1.165) is 68.8 Å². The maximum Gasteiger partial charge on any atom is 0.119 e. The van der Waals surface area contributed by atoms with E-state index in [4.69, 9.17) is 18.9 Å². The Morgan fingerprint density at radius 3 is 1.31 bits per heavy atom. The van der Waals surface area contributed by atoms with E-state index < -0.39 is 11.7 Å². The van der Waals surface area contributed by atoms with Crippen LogP contribution in [0.2, 0.25) is 0 Å². The Labute approximate surface area is 471 Å². The molecule has 0 spiro atoms. The molecule has 0 saturated carbocycles. The van der Waals surface area contributed by atoms with Crippen LogP contribution in [-0.2, 0) is 31.5 Å². The SMILES string of the molecule is CCC(CC)(OCC(O)COc1ccc(C2(c3ccc(C(CC)(CC)OCC4CS4)cc3)CC(C)c3c2ccc2ccccc32)cc1)c1ccc(C2(c3ccc(OCC4CS4)cc3)CC(C)c3c2ccc2ccccc32)cc1. The summed E-state index contributed by atoms with van der Waals surface area (Å²) in [5.41, 5.74) is 11.6. The maximum absolute atomic E-state index is 11.6. The topological polar surface area (TPSA) is 57.2 Å². The van der Waals surface area contributed by atoms with Gasteiger partial charge in [0, 0.05) is 32.8 Å². The first kappa shape index (κ1) is 53.1. The zero-order valence-electron chi connectivity index (χ0n) is 46.4. The van der Waals surface area contributed by atoms with Crippen molar-refractivity contribution in [1.82, 2.24) is 0 Å². The molecule has 78 heavy (non-hydrogen) atoms. The van der Waals surface area contributed by atoms with Gasteiger partial charge in [-0.05, 0) is 152 Å². The van der Waals surface area contributed by atoms with Crippen molar-refractivity contribution in [3.8, 4) is 11.5 Å². The van der Waals surface area contributed by atoms with Crippen molar-refractivity contribution in [3.63, 3.8) is 0 Å². The lowest BCUT2D eigenvalue weighted by Gasteiger charge is -2.36. The number of thioether (sulfide) groups is 2. The van der Waals surface area contributed by atoms with Crippen LogP contribution in [0.25, 0.3) is 21.5 Å². The minimum Gasteiger partial charge on any atom is -0.492 e. The Morgan fingerprint density at radius 1 is 0.474 bits per heavy atom. The number of aliphatic hydroxyl groups is 1. The third-order valence-electron chi connectivity index (χ3n) is 18.6. The molecule has 5 nitrogen and oxygen atoms in total. The van der Waals surface area contributed by atoms with E-state index in [1.165, 1.54) is 83.1 Å². The summed E-state index contributed by atoms with van der Waals surface area (Å²) in [5, 5.41) is 18.1. The molecule has 2 saturated heterocycles. The van der Waals surface area contributed by atoms with Gasteiger partial charge in [-0.25, -0.2) is 0 Å². The van der Waals surface area contributed by atoms with Gasteiger partial charge in [0.2, 0.25) is 0 Å². The lowest BCUT2D eigenvalue weighted by atomic mass is 9.69. The molecule has 8 aromatic carbocycles. The zero-order chi connectivity index (χ0) is 53.7. The first-order chi connectivity index (χ1) is 38.1. The highest BCUT2D eigenvalue weighted by atomic mass is 32.2. The molecule has 12 rings (SSSR count). The van der Waals surface area contributed by atoms with Crippen LogP contribution in [0.1, 0.15) is 148 Å². The summed E-state index contributed by atoms with van der Waals surface area (Å²) in [5.74, 6) is 4.76. The van der Waals surface area contributed by atoms with Crippen LogP contribution >= 0.6 is 23.5 Å². The quantitative estimate of drug-likeness (QED) is 0.0679. The third-order valence-corrected chi connectivity index (χ3v) is 20.5. The highest BCUT2D eigenvalue weighted by Gasteiger charge is 2.48. The minimum absolute atomic E-state index is 0.122. The standard InChI is InChI=1S/C71H76O5S2/c1-7-68(8-2,51-21-25-53(26-22-51)71(56-31-35-59(36-32-56)74-43-60-45-77-60)40-48(6)67-63-18-14-12-16-50(63)20-38-65(67)71)75-42-57(72)41-73-58-33-29-55(30-34-58)70(39-47(5)66-62-17-13-11-15-49(62)19-37-64(66)70)54-27-23-52(24-28-54)69(9-3,10-4)76-44-61-46-78-61/h11-38,47-48,57,60-61,72H,7-10,39-46H2,1-6H3. The fraction of sp³-hybridized carbons (Fsp3) is 0.380. The molecule has 7 atom stereocenters. The van der Waals surface area contributed by atoms with Crippen molar-refractivity contribution in [2.75, 3.05) is 37.9 Å². The molecule has 7 unspecified atom stereocenters. The normalized spacial score (nSPS) is 22.8. The second-order valence-electron chi connectivity index (χ2n) is 22.9. The van der Waals surface area contributed by atoms with Crippen LogP contribution in [-0.4, -0.2) is 59.6 Å². The average molecular weight is 1070 g/mol. The lowest BCUT2D eigenvalue weighted by Crippen LogP contribution is -2.34. The van der Waals surface area contributed by atoms with E-state index in [0.29, 0.717) is 22.3 Å². The molecular formula is C71H76O5S2. The highest BCUT2D eigenvalue weighted by molar-refractivity contribution is 8.07. The second kappa shape index (κ2) is 21.8. The lowest BCUT2D eigenvalue weighted by molar-refractivity contribution is -0.0961. The molecule has 2 fully saturated rings. The summed E-state index contributed by atoms with van der Waals surface area (Å²) >= 11 is 3.96. The van der Waals surface area contributed by atoms with Crippen molar-refractivity contribution in [1.29, 1.82) is 0 Å². The molecular weight excluding hydrogens is 997 g/mol. The molecule has 2 aliphatic heterocycles. The van der Waals surface area contributed by atoms with Crippen molar-refractivity contribution in [2.45, 2.75) is 131 Å². The van der Waals surface area contributed by atoms with E-state index >= 15 is 0 Å². The van der Waals surface area contributed by atoms with Gasteiger partial charge in [-0.1, -0.05) is 187 Å². The van der Waals surface area contributed by atoms with Gasteiger partial charge in [0.15, 0.2) is 0 Å². The van der Waals surface area contributed by atoms with Crippen molar-refractivity contribution in [2.24, 2.45) is 0 Å². The van der Waals surface area contributed by atoms with E-state index in [-0.39, 0.29) is 29.6 Å². The predicted molar refractivity (Wildman–Crippen MR) is 325 cm³/mol. The number of fused-ring (bicyclic) bond motifs is 6. The summed E-state index contributed by atoms with van der Waals surface area (Å²) in [6.07, 6.45) is 4.52. The molecule has 402 valence electrons. The minimum atomic E-state index is -0.822. The Hall–Kier alpha value is -5.54. The van der Waals surface area contributed by atoms with E-state index in [1.807, 2.05) is 23.5 Å². The number of rotatable bonds is 22. The Bertz CT molecular complexity index is 3380. The van der Waals surface area contributed by atoms with Gasteiger partial charge in [0.05, 0.1) is 24.4 Å². The Kier molecular flexibility index (Phi) is 14.9. The van der Waals surface area contributed by atoms with Crippen LogP contribution in [0.3, 0.4) is 0 Å². The van der Waals surface area contributed by atoms with Gasteiger partial charge in [-0.2, -0.15) is 23.5 Å². The van der Waals surface area contributed by atoms with Crippen LogP contribution in [0.5, 0.6) is 11.5 Å². The molecule has 8 aromatic rings. The van der Waals surface area contributed by atoms with Gasteiger partial charge in [0.25, 0.3) is 0 Å². The molecule has 2 aliphatic carbocycles. The summed E-state index contributed by atoms with van der Waals surface area (Å²) < 4.78 is 26.2. The Morgan fingerprint density at radius 2 is 0.872 bits per heavy atom. The monoisotopic (exact) mass is 1070 g/mol. The largest absolute Gasteiger partial charge is 0.492 e. The van der Waals surface area contributed by atoms with E-state index in [1.54, 1.807) is 0 Å². The molecule has 7 heteroatoms. The van der Waals surface area contributed by atoms with Crippen LogP contribution < -0.4 is 9.47 Å². The fourth-order valence-electron chi connectivity index (χ4n) is 14.1. The number of hydrogen-bond acceptors (Lipinski definition) is 7. The summed E-state index contributed by atoms with van der Waals surface area (Å²) in [6, 6.07) is 63.3. The highest BCUT2D eigenvalue weighted by Crippen LogP contribution is 2.58. The second-order valence-corrected chi connectivity index (χ2v) is 25.6. The average Bonchev–Trinajstić information content (AvgIpc) is 4.52. The fourth-order valence-corrected chi connectivity index (χ4v) is 14.9. The van der Waals surface area contributed by atoms with Gasteiger partial charge in [0.1, 0.15) is 30.8 Å². The number of benzene rings is 8. The van der Waals surface area contributed by atoms with E-state index in [2.05, 4.69) is 211 Å². The molecule has 0 amide bonds. The summed E-state index contributed by atoms with van der Waals surface area (Å²) in [4.78, 5) is 0. The smallest absolute Gasteiger partial charge is 0.119 e. The first-order valence-electron chi connectivity index (χ1n) is 29.0. The molecule has 0 bridgehead atoms. The van der Waals surface area contributed by atoms with Crippen molar-refractivity contribution in [3.05, 3.63) is 225 Å². The van der Waals surface area contributed by atoms with Crippen LogP contribution in [0.15, 0.2) is 170 Å². The van der Waals surface area contributed by atoms with Gasteiger partial charge in [-0.3, -0.25) is 0 Å². The molecule has 0 aromatic heterocycles. The molecule has 0 radical (unpaired) electrons. The van der Waals surface area contributed by atoms with Crippen LogP contribution in [0, 0.1) is 0 Å². The van der Waals surface area contributed by atoms with Gasteiger partial charge in [-0.15, -0.1) is 0 Å². The van der Waals surface area contributed by atoms with Gasteiger partial charge < -0.3 is 24.1 Å². The number of ether oxygens (including phenoxy) is 4. The first-order valence-corrected chi connectivity index (χ1v) is 31.1. The molecule has 1 N–H and O–H groups in total. The maximum atomic E-state index is 11.6. The summed E-state index contributed by atoms with van der Waals surface area (Å²) in [6.45, 7) is 15.5.